The van der Waals surface area contributed by atoms with Gasteiger partial charge in [-0.1, -0.05) is 32.4 Å². The molecule has 0 radical (unpaired) electrons. The van der Waals surface area contributed by atoms with Crippen LogP contribution in [0.2, 0.25) is 5.02 Å². The van der Waals surface area contributed by atoms with Crippen LogP contribution in [0.15, 0.2) is 11.0 Å². The molecule has 12 heavy (non-hydrogen) atoms. The van der Waals surface area contributed by atoms with Crippen LogP contribution in [0.25, 0.3) is 0 Å². The number of nitrogens with one attached hydrogen (secondary N) is 1. The van der Waals surface area contributed by atoms with E-state index in [1.165, 1.54) is 0 Å². The van der Waals surface area contributed by atoms with E-state index in [1.807, 2.05) is 20.8 Å². The molecule has 0 unspecified atom stereocenters. The van der Waals surface area contributed by atoms with Gasteiger partial charge in [0.2, 0.25) is 0 Å². The Morgan fingerprint density at radius 3 is 2.50 bits per heavy atom. The Hall–Kier alpha value is -0.830. The Balaban J connectivity index is 3.36. The normalized spacial score (nSPS) is 11.7. The predicted octanol–water partition coefficient (Wildman–Crippen LogP) is 1.72. The van der Waals surface area contributed by atoms with Crippen molar-refractivity contribution in [2.75, 3.05) is 0 Å². The molecule has 1 heterocycles. The topological polar surface area (TPSA) is 45.8 Å². The van der Waals surface area contributed by atoms with Gasteiger partial charge in [-0.25, -0.2) is 5.10 Å². The first kappa shape index (κ1) is 9.26. The minimum atomic E-state index is -0.330. The second-order valence-electron chi connectivity index (χ2n) is 3.68. The van der Waals surface area contributed by atoms with E-state index in [1.54, 1.807) is 6.20 Å². The Morgan fingerprint density at radius 1 is 1.50 bits per heavy atom. The zero-order valence-corrected chi connectivity index (χ0v) is 8.07. The van der Waals surface area contributed by atoms with E-state index in [-0.39, 0.29) is 16.0 Å². The first-order valence-electron chi connectivity index (χ1n) is 3.66. The van der Waals surface area contributed by atoms with Gasteiger partial charge in [0.1, 0.15) is 5.02 Å². The van der Waals surface area contributed by atoms with Crippen LogP contribution in [0.3, 0.4) is 0 Å². The Labute approximate surface area is 75.8 Å². The second kappa shape index (κ2) is 2.90. The fraction of sp³-hybridized carbons (Fsp3) is 0.500. The van der Waals surface area contributed by atoms with Gasteiger partial charge in [-0.2, -0.15) is 5.10 Å². The standard InChI is InChI=1S/C8H11ClN2O/c1-8(2,3)5-4-10-11-7(12)6(5)9/h4H,1-3H3,(H,11,12). The molecule has 1 aromatic rings. The molecule has 0 aromatic carbocycles. The van der Waals surface area contributed by atoms with Gasteiger partial charge in [0.05, 0.1) is 6.20 Å². The highest BCUT2D eigenvalue weighted by Gasteiger charge is 2.19. The number of hydrogen-bond donors (Lipinski definition) is 1. The number of aromatic nitrogens is 2. The lowest BCUT2D eigenvalue weighted by Crippen LogP contribution is -2.19. The third-order valence-electron chi connectivity index (χ3n) is 1.60. The van der Waals surface area contributed by atoms with Crippen LogP contribution < -0.4 is 5.56 Å². The number of hydrogen-bond acceptors (Lipinski definition) is 2. The Morgan fingerprint density at radius 2 is 2.08 bits per heavy atom. The lowest BCUT2D eigenvalue weighted by molar-refractivity contribution is 0.583. The van der Waals surface area contributed by atoms with Gasteiger partial charge in [0.15, 0.2) is 0 Å². The maximum atomic E-state index is 11.0. The fourth-order valence-corrected chi connectivity index (χ4v) is 1.28. The molecule has 0 aliphatic carbocycles. The highest BCUT2D eigenvalue weighted by atomic mass is 35.5. The summed E-state index contributed by atoms with van der Waals surface area (Å²) in [6.07, 6.45) is 1.59. The van der Waals surface area contributed by atoms with Crippen molar-refractivity contribution in [1.82, 2.24) is 10.2 Å². The van der Waals surface area contributed by atoms with Gasteiger partial charge in [-0.3, -0.25) is 4.79 Å². The van der Waals surface area contributed by atoms with E-state index in [4.69, 9.17) is 11.6 Å². The minimum absolute atomic E-state index is 0.141. The van der Waals surface area contributed by atoms with Gasteiger partial charge < -0.3 is 0 Å². The number of aromatic amines is 1. The SMILES string of the molecule is CC(C)(C)c1cn[nH]c(=O)c1Cl. The molecule has 0 saturated carbocycles. The van der Waals surface area contributed by atoms with Crippen molar-refractivity contribution in [3.63, 3.8) is 0 Å². The van der Waals surface area contributed by atoms with E-state index < -0.39 is 0 Å². The van der Waals surface area contributed by atoms with Gasteiger partial charge in [-0.15, -0.1) is 0 Å². The average Bonchev–Trinajstić information content (AvgIpc) is 1.92. The second-order valence-corrected chi connectivity index (χ2v) is 4.05. The van der Waals surface area contributed by atoms with E-state index >= 15 is 0 Å². The smallest absolute Gasteiger partial charge is 0.266 e. The predicted molar refractivity (Wildman–Crippen MR) is 48.6 cm³/mol. The summed E-state index contributed by atoms with van der Waals surface area (Å²) in [5.41, 5.74) is 0.301. The van der Waals surface area contributed by atoms with Crippen LogP contribution in [0.5, 0.6) is 0 Å². The Bertz CT molecular complexity index is 338. The van der Waals surface area contributed by atoms with E-state index in [0.717, 1.165) is 5.56 Å². The molecular weight excluding hydrogens is 176 g/mol. The van der Waals surface area contributed by atoms with Crippen molar-refractivity contribution < 1.29 is 0 Å². The first-order valence-corrected chi connectivity index (χ1v) is 4.04. The molecule has 0 saturated heterocycles. The molecule has 1 aromatic heterocycles. The average molecular weight is 187 g/mol. The summed E-state index contributed by atoms with van der Waals surface area (Å²) in [5.74, 6) is 0. The monoisotopic (exact) mass is 186 g/mol. The van der Waals surface area contributed by atoms with Crippen LogP contribution in [0, 0.1) is 0 Å². The largest absolute Gasteiger partial charge is 0.283 e. The summed E-state index contributed by atoms with van der Waals surface area (Å²) >= 11 is 5.79. The maximum absolute atomic E-state index is 11.0. The molecule has 1 N–H and O–H groups in total. The molecule has 0 aliphatic rings. The fourth-order valence-electron chi connectivity index (χ4n) is 0.906. The third kappa shape index (κ3) is 1.67. The summed E-state index contributed by atoms with van der Waals surface area (Å²) < 4.78 is 0. The lowest BCUT2D eigenvalue weighted by Gasteiger charge is -2.18. The van der Waals surface area contributed by atoms with Crippen molar-refractivity contribution in [3.8, 4) is 0 Å². The number of H-pyrrole nitrogens is 1. The highest BCUT2D eigenvalue weighted by Crippen LogP contribution is 2.25. The Kier molecular flexibility index (Phi) is 2.24. The van der Waals surface area contributed by atoms with Crippen molar-refractivity contribution in [2.24, 2.45) is 0 Å². The summed E-state index contributed by atoms with van der Waals surface area (Å²) in [7, 11) is 0. The number of halogens is 1. The number of rotatable bonds is 0. The van der Waals surface area contributed by atoms with Gasteiger partial charge in [-0.05, 0) is 5.41 Å². The molecule has 0 spiro atoms. The van der Waals surface area contributed by atoms with Crippen molar-refractivity contribution in [3.05, 3.63) is 27.1 Å². The highest BCUT2D eigenvalue weighted by molar-refractivity contribution is 6.31. The molecule has 0 amide bonds. The van der Waals surface area contributed by atoms with Gasteiger partial charge in [0, 0.05) is 5.56 Å². The maximum Gasteiger partial charge on any atom is 0.283 e. The van der Waals surface area contributed by atoms with Crippen LogP contribution in [0.4, 0.5) is 0 Å². The van der Waals surface area contributed by atoms with Crippen LogP contribution in [-0.2, 0) is 5.41 Å². The van der Waals surface area contributed by atoms with E-state index in [0.29, 0.717) is 0 Å². The molecular formula is C8H11ClN2O. The van der Waals surface area contributed by atoms with Crippen molar-refractivity contribution in [2.45, 2.75) is 26.2 Å². The molecule has 0 atom stereocenters. The summed E-state index contributed by atoms with van der Waals surface area (Å²) in [6.45, 7) is 5.94. The quantitative estimate of drug-likeness (QED) is 0.671. The van der Waals surface area contributed by atoms with Crippen LogP contribution in [0.1, 0.15) is 26.3 Å². The first-order chi connectivity index (χ1) is 5.43. The van der Waals surface area contributed by atoms with Crippen LogP contribution >= 0.6 is 11.6 Å². The molecule has 0 fully saturated rings. The summed E-state index contributed by atoms with van der Waals surface area (Å²) in [6, 6.07) is 0. The van der Waals surface area contributed by atoms with Gasteiger partial charge in [0.25, 0.3) is 5.56 Å². The molecule has 0 aliphatic heterocycles. The van der Waals surface area contributed by atoms with E-state index in [2.05, 4.69) is 10.2 Å². The third-order valence-corrected chi connectivity index (χ3v) is 1.98. The minimum Gasteiger partial charge on any atom is -0.266 e. The molecule has 3 nitrogen and oxygen atoms in total. The zero-order chi connectivity index (χ0) is 9.35. The molecule has 4 heteroatoms. The van der Waals surface area contributed by atoms with Crippen LogP contribution in [-0.4, -0.2) is 10.2 Å². The zero-order valence-electron chi connectivity index (χ0n) is 7.31. The van der Waals surface area contributed by atoms with Crippen molar-refractivity contribution >= 4 is 11.6 Å². The summed E-state index contributed by atoms with van der Waals surface area (Å²) in [5, 5.41) is 6.20. The van der Waals surface area contributed by atoms with Crippen molar-refractivity contribution in [1.29, 1.82) is 0 Å². The number of nitrogens with zero attached hydrogens (tertiary/aromatic N) is 1. The molecule has 1 rings (SSSR count). The summed E-state index contributed by atoms with van der Waals surface area (Å²) in [4.78, 5) is 11.0. The van der Waals surface area contributed by atoms with Gasteiger partial charge >= 0.3 is 0 Å². The molecule has 66 valence electrons. The molecule has 0 bridgehead atoms. The lowest BCUT2D eigenvalue weighted by atomic mass is 9.89. The van der Waals surface area contributed by atoms with E-state index in [9.17, 15) is 4.79 Å².